The minimum absolute atomic E-state index is 0.00751. The fourth-order valence-corrected chi connectivity index (χ4v) is 4.20. The number of amides is 3. The van der Waals surface area contributed by atoms with Crippen molar-refractivity contribution < 1.29 is 14.0 Å². The monoisotopic (exact) mass is 404 g/mol. The van der Waals surface area contributed by atoms with E-state index in [0.717, 1.165) is 28.5 Å². The summed E-state index contributed by atoms with van der Waals surface area (Å²) in [5.74, 6) is -0.300. The lowest BCUT2D eigenvalue weighted by atomic mass is 9.85. The molecule has 3 aromatic rings. The molecule has 1 aromatic heterocycles. The van der Waals surface area contributed by atoms with Gasteiger partial charge in [0.25, 0.3) is 5.91 Å². The minimum atomic E-state index is -1.09. The molecule has 0 aliphatic carbocycles. The van der Waals surface area contributed by atoms with Gasteiger partial charge in [0.1, 0.15) is 11.1 Å². The van der Waals surface area contributed by atoms with E-state index in [1.807, 2.05) is 63.2 Å². The third-order valence-electron chi connectivity index (χ3n) is 5.91. The Balaban J connectivity index is 1.78. The molecule has 2 heterocycles. The lowest BCUT2D eigenvalue weighted by molar-refractivity contribution is -0.132. The van der Waals surface area contributed by atoms with E-state index in [4.69, 9.17) is 4.42 Å². The van der Waals surface area contributed by atoms with Crippen molar-refractivity contribution in [2.45, 2.75) is 45.7 Å². The highest BCUT2D eigenvalue weighted by atomic mass is 16.4. The number of aryl methyl sites for hydroxylation is 2. The topological polar surface area (TPSA) is 79.6 Å². The van der Waals surface area contributed by atoms with Gasteiger partial charge >= 0.3 is 11.7 Å². The second kappa shape index (κ2) is 7.44. The van der Waals surface area contributed by atoms with E-state index in [9.17, 15) is 14.4 Å². The van der Waals surface area contributed by atoms with E-state index in [1.165, 1.54) is 11.0 Å². The second-order valence-electron chi connectivity index (χ2n) is 7.82. The van der Waals surface area contributed by atoms with Crippen molar-refractivity contribution in [1.29, 1.82) is 0 Å². The SMILES string of the molecule is CCC[C@]1(c2ccccc2)NC(=O)N(Cc2cc(=O)oc3c(C)c(C)ccc23)C1=O. The zero-order valence-corrected chi connectivity index (χ0v) is 17.3. The smallest absolute Gasteiger partial charge is 0.336 e. The van der Waals surface area contributed by atoms with E-state index in [1.54, 1.807) is 0 Å². The summed E-state index contributed by atoms with van der Waals surface area (Å²) in [6, 6.07) is 14.0. The summed E-state index contributed by atoms with van der Waals surface area (Å²) in [5.41, 5.74) is 2.13. The molecule has 1 aliphatic heterocycles. The van der Waals surface area contributed by atoms with Gasteiger partial charge < -0.3 is 9.73 Å². The predicted molar refractivity (Wildman–Crippen MR) is 114 cm³/mol. The van der Waals surface area contributed by atoms with Crippen molar-refractivity contribution in [3.8, 4) is 0 Å². The minimum Gasteiger partial charge on any atom is -0.422 e. The number of nitrogens with one attached hydrogen (secondary N) is 1. The number of rotatable bonds is 5. The molecular weight excluding hydrogens is 380 g/mol. The summed E-state index contributed by atoms with van der Waals surface area (Å²) < 4.78 is 5.42. The van der Waals surface area contributed by atoms with Gasteiger partial charge in [0, 0.05) is 11.5 Å². The molecule has 2 aromatic carbocycles. The second-order valence-corrected chi connectivity index (χ2v) is 7.82. The van der Waals surface area contributed by atoms with Crippen LogP contribution in [0.15, 0.2) is 57.7 Å². The molecule has 1 saturated heterocycles. The van der Waals surface area contributed by atoms with Gasteiger partial charge in [0.15, 0.2) is 0 Å². The molecule has 1 atom stereocenters. The van der Waals surface area contributed by atoms with Crippen LogP contribution in [0.2, 0.25) is 0 Å². The van der Waals surface area contributed by atoms with Gasteiger partial charge in [0.05, 0.1) is 6.54 Å². The Hall–Kier alpha value is -3.41. The van der Waals surface area contributed by atoms with Crippen molar-refractivity contribution in [1.82, 2.24) is 10.2 Å². The Morgan fingerprint density at radius 1 is 1.03 bits per heavy atom. The lowest BCUT2D eigenvalue weighted by Crippen LogP contribution is -2.43. The van der Waals surface area contributed by atoms with Crippen LogP contribution in [0.4, 0.5) is 4.79 Å². The summed E-state index contributed by atoms with van der Waals surface area (Å²) in [6.07, 6.45) is 1.22. The molecule has 6 nitrogen and oxygen atoms in total. The van der Waals surface area contributed by atoms with Crippen LogP contribution in [0.3, 0.4) is 0 Å². The van der Waals surface area contributed by atoms with Gasteiger partial charge in [-0.1, -0.05) is 55.8 Å². The summed E-state index contributed by atoms with van der Waals surface area (Å²) in [7, 11) is 0. The first-order chi connectivity index (χ1) is 14.4. The Bertz CT molecular complexity index is 1200. The number of hydrogen-bond acceptors (Lipinski definition) is 4. The van der Waals surface area contributed by atoms with Crippen molar-refractivity contribution in [3.63, 3.8) is 0 Å². The van der Waals surface area contributed by atoms with Gasteiger partial charge in [-0.2, -0.15) is 0 Å². The first-order valence-corrected chi connectivity index (χ1v) is 10.1. The van der Waals surface area contributed by atoms with Crippen molar-refractivity contribution >= 4 is 22.9 Å². The average Bonchev–Trinajstić information content (AvgIpc) is 2.97. The molecule has 1 aliphatic rings. The number of carbonyl (C=O) groups is 2. The molecule has 4 rings (SSSR count). The first-order valence-electron chi connectivity index (χ1n) is 10.1. The number of hydrogen-bond donors (Lipinski definition) is 1. The van der Waals surface area contributed by atoms with Crippen LogP contribution in [0.5, 0.6) is 0 Å². The van der Waals surface area contributed by atoms with Crippen LogP contribution in [0, 0.1) is 13.8 Å². The van der Waals surface area contributed by atoms with E-state index in [2.05, 4.69) is 5.32 Å². The maximum absolute atomic E-state index is 13.5. The van der Waals surface area contributed by atoms with Crippen LogP contribution in [-0.4, -0.2) is 16.8 Å². The Labute approximate surface area is 174 Å². The van der Waals surface area contributed by atoms with Gasteiger partial charge in [-0.3, -0.25) is 9.69 Å². The standard InChI is InChI=1S/C24H24N2O4/c1-4-12-24(18-8-6-5-7-9-18)22(28)26(23(29)25-24)14-17-13-20(27)30-21-16(3)15(2)10-11-19(17)21/h5-11,13H,4,12,14H2,1-3H3,(H,25,29)/t24-/m1/s1. The fraction of sp³-hybridized carbons (Fsp3) is 0.292. The zero-order valence-electron chi connectivity index (χ0n) is 17.3. The van der Waals surface area contributed by atoms with E-state index < -0.39 is 17.2 Å². The predicted octanol–water partition coefficient (Wildman–Crippen LogP) is 4.16. The fourth-order valence-electron chi connectivity index (χ4n) is 4.20. The van der Waals surface area contributed by atoms with Crippen LogP contribution in [0.1, 0.15) is 42.0 Å². The highest BCUT2D eigenvalue weighted by Gasteiger charge is 2.51. The summed E-state index contributed by atoms with van der Waals surface area (Å²) in [4.78, 5) is 39.8. The van der Waals surface area contributed by atoms with Gasteiger partial charge in [-0.15, -0.1) is 0 Å². The lowest BCUT2D eigenvalue weighted by Gasteiger charge is -2.27. The highest BCUT2D eigenvalue weighted by Crippen LogP contribution is 2.35. The number of carbonyl (C=O) groups excluding carboxylic acids is 2. The molecule has 6 heteroatoms. The number of benzene rings is 2. The maximum Gasteiger partial charge on any atom is 0.336 e. The molecule has 1 fully saturated rings. The van der Waals surface area contributed by atoms with Crippen molar-refractivity contribution in [2.24, 2.45) is 0 Å². The molecule has 0 radical (unpaired) electrons. The van der Waals surface area contributed by atoms with Gasteiger partial charge in [-0.05, 0) is 42.5 Å². The summed E-state index contributed by atoms with van der Waals surface area (Å²) >= 11 is 0. The third-order valence-corrected chi connectivity index (χ3v) is 5.91. The van der Waals surface area contributed by atoms with Crippen molar-refractivity contribution in [2.75, 3.05) is 0 Å². The molecule has 0 bridgehead atoms. The molecule has 0 spiro atoms. The van der Waals surface area contributed by atoms with Crippen LogP contribution in [-0.2, 0) is 16.9 Å². The maximum atomic E-state index is 13.5. The quantitative estimate of drug-likeness (QED) is 0.512. The summed E-state index contributed by atoms with van der Waals surface area (Å²) in [6.45, 7) is 5.82. The molecule has 0 unspecified atom stereocenters. The molecule has 154 valence electrons. The van der Waals surface area contributed by atoms with Crippen LogP contribution in [0.25, 0.3) is 11.0 Å². The van der Waals surface area contributed by atoms with Crippen LogP contribution < -0.4 is 10.9 Å². The number of urea groups is 1. The zero-order chi connectivity index (χ0) is 21.5. The number of imide groups is 1. The number of fused-ring (bicyclic) bond motifs is 1. The normalized spacial score (nSPS) is 18.8. The van der Waals surface area contributed by atoms with Crippen LogP contribution >= 0.6 is 0 Å². The molecule has 1 N–H and O–H groups in total. The Kier molecular flexibility index (Phi) is 4.94. The number of nitrogens with zero attached hydrogens (tertiary/aromatic N) is 1. The molecule has 3 amide bonds. The van der Waals surface area contributed by atoms with E-state index in [-0.39, 0.29) is 12.5 Å². The Morgan fingerprint density at radius 2 is 1.77 bits per heavy atom. The van der Waals surface area contributed by atoms with E-state index in [0.29, 0.717) is 17.6 Å². The molecular formula is C24H24N2O4. The van der Waals surface area contributed by atoms with Gasteiger partial charge in [-0.25, -0.2) is 9.59 Å². The molecule has 30 heavy (non-hydrogen) atoms. The first kappa shape index (κ1) is 19.9. The average molecular weight is 404 g/mol. The highest BCUT2D eigenvalue weighted by molar-refractivity contribution is 6.07. The molecule has 0 saturated carbocycles. The van der Waals surface area contributed by atoms with Gasteiger partial charge in [0.2, 0.25) is 0 Å². The largest absolute Gasteiger partial charge is 0.422 e. The third kappa shape index (κ3) is 3.09. The van der Waals surface area contributed by atoms with E-state index >= 15 is 0 Å². The Morgan fingerprint density at radius 3 is 2.47 bits per heavy atom. The van der Waals surface area contributed by atoms with Crippen molar-refractivity contribution in [3.05, 3.63) is 81.2 Å². The summed E-state index contributed by atoms with van der Waals surface area (Å²) in [5, 5.41) is 3.65.